The van der Waals surface area contributed by atoms with Crippen molar-refractivity contribution in [2.24, 2.45) is 5.92 Å². The average molecular weight is 460 g/mol. The van der Waals surface area contributed by atoms with Crippen molar-refractivity contribution < 1.29 is 27.5 Å². The lowest BCUT2D eigenvalue weighted by Crippen LogP contribution is -2.47. The largest absolute Gasteiger partial charge is 0.454 e. The van der Waals surface area contributed by atoms with Crippen LogP contribution in [0.4, 0.5) is 4.79 Å². The highest BCUT2D eigenvalue weighted by molar-refractivity contribution is 7.89. The predicted octanol–water partition coefficient (Wildman–Crippen LogP) is 1.95. The molecule has 1 aliphatic carbocycles. The molecule has 11 heteroatoms. The molecular weight excluding hydrogens is 434 g/mol. The predicted molar refractivity (Wildman–Crippen MR) is 110 cm³/mol. The van der Waals surface area contributed by atoms with E-state index in [0.29, 0.717) is 5.02 Å². The minimum atomic E-state index is -4.01. The topological polar surface area (TPSA) is 131 Å². The van der Waals surface area contributed by atoms with Gasteiger partial charge in [0.25, 0.3) is 5.91 Å². The van der Waals surface area contributed by atoms with Crippen molar-refractivity contribution in [2.75, 3.05) is 6.61 Å². The number of imide groups is 1. The molecule has 0 radical (unpaired) electrons. The third-order valence-electron chi connectivity index (χ3n) is 4.62. The summed E-state index contributed by atoms with van der Waals surface area (Å²) >= 11 is 5.77. The lowest BCUT2D eigenvalue weighted by molar-refractivity contribution is -0.150. The Morgan fingerprint density at radius 2 is 1.73 bits per heavy atom. The van der Waals surface area contributed by atoms with Crippen molar-refractivity contribution in [3.8, 4) is 0 Å². The molecule has 3 N–H and O–H groups in total. The second kappa shape index (κ2) is 10.7. The molecule has 3 amide bonds. The van der Waals surface area contributed by atoms with E-state index >= 15 is 0 Å². The molecule has 0 bridgehead atoms. The molecular formula is C19H26ClN3O6S. The first-order valence-electron chi connectivity index (χ1n) is 9.63. The smallest absolute Gasteiger partial charge is 0.324 e. The van der Waals surface area contributed by atoms with Crippen molar-refractivity contribution in [1.29, 1.82) is 0 Å². The first-order valence-corrected chi connectivity index (χ1v) is 11.5. The molecule has 30 heavy (non-hydrogen) atoms. The van der Waals surface area contributed by atoms with Gasteiger partial charge in [-0.25, -0.2) is 13.2 Å². The molecule has 0 spiro atoms. The lowest BCUT2D eigenvalue weighted by atomic mass is 10.1. The van der Waals surface area contributed by atoms with Crippen molar-refractivity contribution in [1.82, 2.24) is 15.4 Å². The zero-order chi connectivity index (χ0) is 22.3. The van der Waals surface area contributed by atoms with E-state index in [1.54, 1.807) is 13.8 Å². The molecule has 1 aliphatic rings. The first kappa shape index (κ1) is 24.1. The quantitative estimate of drug-likeness (QED) is 0.509. The van der Waals surface area contributed by atoms with Gasteiger partial charge < -0.3 is 10.1 Å². The van der Waals surface area contributed by atoms with Crippen LogP contribution in [0.15, 0.2) is 29.2 Å². The summed E-state index contributed by atoms with van der Waals surface area (Å²) in [5, 5.41) is 5.14. The van der Waals surface area contributed by atoms with E-state index in [4.69, 9.17) is 16.3 Å². The van der Waals surface area contributed by atoms with Crippen molar-refractivity contribution in [3.05, 3.63) is 29.3 Å². The van der Waals surface area contributed by atoms with Gasteiger partial charge in [-0.1, -0.05) is 38.3 Å². The van der Waals surface area contributed by atoms with Crippen molar-refractivity contribution in [2.45, 2.75) is 56.5 Å². The number of urea groups is 1. The highest BCUT2D eigenvalue weighted by Gasteiger charge is 2.30. The Bertz CT molecular complexity index is 867. The summed E-state index contributed by atoms with van der Waals surface area (Å²) in [6.07, 6.45) is 3.78. The molecule has 0 aromatic heterocycles. The highest BCUT2D eigenvalue weighted by atomic mass is 35.5. The summed E-state index contributed by atoms with van der Waals surface area (Å²) in [6.45, 7) is 2.56. The van der Waals surface area contributed by atoms with Gasteiger partial charge in [-0.15, -0.1) is 0 Å². The maximum atomic E-state index is 12.5. The van der Waals surface area contributed by atoms with Crippen LogP contribution in [0.2, 0.25) is 5.02 Å². The summed E-state index contributed by atoms with van der Waals surface area (Å²) in [5.41, 5.74) is 0. The van der Waals surface area contributed by atoms with E-state index in [-0.39, 0.29) is 10.9 Å². The Balaban J connectivity index is 1.89. The Morgan fingerprint density at radius 1 is 1.13 bits per heavy atom. The van der Waals surface area contributed by atoms with E-state index in [1.165, 1.54) is 24.3 Å². The number of hydrogen-bond acceptors (Lipinski definition) is 6. The first-order chi connectivity index (χ1) is 14.1. The minimum absolute atomic E-state index is 0.0351. The lowest BCUT2D eigenvalue weighted by Gasteiger charge is -2.20. The number of amides is 3. The number of rotatable bonds is 8. The molecule has 1 unspecified atom stereocenters. The van der Waals surface area contributed by atoms with Crippen LogP contribution in [-0.2, 0) is 24.3 Å². The molecule has 0 heterocycles. The molecule has 1 fully saturated rings. The maximum absolute atomic E-state index is 12.5. The third kappa shape index (κ3) is 7.26. The number of sulfonamides is 1. The fraction of sp³-hybridized carbons (Fsp3) is 0.526. The summed E-state index contributed by atoms with van der Waals surface area (Å²) < 4.78 is 32.2. The van der Waals surface area contributed by atoms with E-state index < -0.39 is 46.5 Å². The van der Waals surface area contributed by atoms with Gasteiger partial charge in [0.2, 0.25) is 10.0 Å². The Morgan fingerprint density at radius 3 is 2.30 bits per heavy atom. The number of ether oxygens (including phenoxy) is 1. The average Bonchev–Trinajstić information content (AvgIpc) is 3.17. The number of hydrogen-bond donors (Lipinski definition) is 3. The van der Waals surface area contributed by atoms with E-state index in [2.05, 4.69) is 15.4 Å². The maximum Gasteiger partial charge on any atom is 0.324 e. The highest BCUT2D eigenvalue weighted by Crippen LogP contribution is 2.17. The van der Waals surface area contributed by atoms with Crippen molar-refractivity contribution >= 4 is 39.5 Å². The number of esters is 1. The van der Waals surface area contributed by atoms with E-state index in [9.17, 15) is 22.8 Å². The second-order valence-corrected chi connectivity index (χ2v) is 9.56. The van der Waals surface area contributed by atoms with Crippen LogP contribution in [0.5, 0.6) is 0 Å². The summed E-state index contributed by atoms with van der Waals surface area (Å²) in [4.78, 5) is 35.9. The molecule has 1 aromatic rings. The van der Waals surface area contributed by atoms with Gasteiger partial charge in [0.15, 0.2) is 6.61 Å². The normalized spacial score (nSPS) is 15.6. The molecule has 0 saturated heterocycles. The summed E-state index contributed by atoms with van der Waals surface area (Å²) in [5.74, 6) is -2.18. The van der Waals surface area contributed by atoms with Crippen LogP contribution in [0, 0.1) is 5.92 Å². The van der Waals surface area contributed by atoms with Gasteiger partial charge in [0.05, 0.1) is 4.90 Å². The van der Waals surface area contributed by atoms with Gasteiger partial charge in [0.1, 0.15) is 6.04 Å². The van der Waals surface area contributed by atoms with Gasteiger partial charge in [-0.3, -0.25) is 14.9 Å². The summed E-state index contributed by atoms with van der Waals surface area (Å²) in [7, 11) is -4.01. The van der Waals surface area contributed by atoms with Gasteiger partial charge in [-0.05, 0) is 43.0 Å². The fourth-order valence-electron chi connectivity index (χ4n) is 2.99. The molecule has 1 atom stereocenters. The molecule has 2 rings (SSSR count). The second-order valence-electron chi connectivity index (χ2n) is 7.41. The van der Waals surface area contributed by atoms with Gasteiger partial charge >= 0.3 is 12.0 Å². The van der Waals surface area contributed by atoms with Crippen LogP contribution < -0.4 is 15.4 Å². The van der Waals surface area contributed by atoms with Crippen LogP contribution in [-0.4, -0.2) is 45.0 Å². The molecule has 1 saturated carbocycles. The SMILES string of the molecule is CC(C)C(NS(=O)(=O)c1ccc(Cl)cc1)C(=O)OCC(=O)NC(=O)NC1CCCC1. The molecule has 166 valence electrons. The Labute approximate surface area is 180 Å². The monoisotopic (exact) mass is 459 g/mol. The minimum Gasteiger partial charge on any atom is -0.454 e. The fourth-order valence-corrected chi connectivity index (χ4v) is 4.45. The van der Waals surface area contributed by atoms with Gasteiger partial charge in [0, 0.05) is 11.1 Å². The number of carbonyl (C=O) groups is 3. The molecule has 1 aromatic carbocycles. The van der Waals surface area contributed by atoms with Crippen LogP contribution in [0.1, 0.15) is 39.5 Å². The summed E-state index contributed by atoms with van der Waals surface area (Å²) in [6, 6.07) is 3.62. The van der Waals surface area contributed by atoms with Crippen LogP contribution in [0.25, 0.3) is 0 Å². The zero-order valence-corrected chi connectivity index (χ0v) is 18.4. The third-order valence-corrected chi connectivity index (χ3v) is 6.32. The number of nitrogens with one attached hydrogen (secondary N) is 3. The van der Waals surface area contributed by atoms with Crippen molar-refractivity contribution in [3.63, 3.8) is 0 Å². The van der Waals surface area contributed by atoms with Crippen LogP contribution in [0.3, 0.4) is 0 Å². The number of carbonyl (C=O) groups excluding carboxylic acids is 3. The van der Waals surface area contributed by atoms with Crippen LogP contribution >= 0.6 is 11.6 Å². The standard InChI is InChI=1S/C19H26ClN3O6S/c1-12(2)17(23-30(27,28)15-9-7-13(20)8-10-15)18(25)29-11-16(24)22-19(26)21-14-5-3-4-6-14/h7-10,12,14,17,23H,3-6,11H2,1-2H3,(H2,21,22,24,26). The molecule has 9 nitrogen and oxygen atoms in total. The Hall–Kier alpha value is -2.17. The Kier molecular flexibility index (Phi) is 8.63. The van der Waals surface area contributed by atoms with E-state index in [1.807, 2.05) is 0 Å². The number of halogens is 1. The number of benzene rings is 1. The van der Waals surface area contributed by atoms with Gasteiger partial charge in [-0.2, -0.15) is 4.72 Å². The zero-order valence-electron chi connectivity index (χ0n) is 16.8. The molecule has 0 aliphatic heterocycles. The van der Waals surface area contributed by atoms with E-state index in [0.717, 1.165) is 25.7 Å².